The summed E-state index contributed by atoms with van der Waals surface area (Å²) < 4.78 is 38.8. The van der Waals surface area contributed by atoms with Gasteiger partial charge in [-0.05, 0) is 30.5 Å². The van der Waals surface area contributed by atoms with Crippen LogP contribution in [0.1, 0.15) is 44.2 Å². The summed E-state index contributed by atoms with van der Waals surface area (Å²) >= 11 is 0. The van der Waals surface area contributed by atoms with Gasteiger partial charge < -0.3 is 5.32 Å². The maximum absolute atomic E-state index is 12.9. The molecule has 1 rings (SSSR count). The van der Waals surface area contributed by atoms with Crippen molar-refractivity contribution < 1.29 is 13.2 Å². The summed E-state index contributed by atoms with van der Waals surface area (Å²) in [6.45, 7) is 6.56. The molecule has 0 bridgehead atoms. The maximum atomic E-state index is 12.9. The van der Waals surface area contributed by atoms with Gasteiger partial charge in [0.15, 0.2) is 0 Å². The van der Waals surface area contributed by atoms with E-state index in [2.05, 4.69) is 5.32 Å². The van der Waals surface area contributed by atoms with Crippen molar-refractivity contribution >= 4 is 0 Å². The number of nitrogens with one attached hydrogen (secondary N) is 1. The predicted molar refractivity (Wildman–Crippen MR) is 67.6 cm³/mol. The zero-order valence-corrected chi connectivity index (χ0v) is 11.0. The molecule has 0 saturated carbocycles. The summed E-state index contributed by atoms with van der Waals surface area (Å²) in [7, 11) is 0. The molecule has 102 valence electrons. The first kappa shape index (κ1) is 15.0. The maximum Gasteiger partial charge on any atom is 0.416 e. The van der Waals surface area contributed by atoms with Crippen LogP contribution in [0, 0.1) is 0 Å². The minimum Gasteiger partial charge on any atom is -0.314 e. The molecule has 0 spiro atoms. The Hall–Kier alpha value is -1.03. The van der Waals surface area contributed by atoms with Crippen molar-refractivity contribution in [3.63, 3.8) is 0 Å². The lowest BCUT2D eigenvalue weighted by Gasteiger charge is -2.26. The average molecular weight is 259 g/mol. The Morgan fingerprint density at radius 1 is 1.17 bits per heavy atom. The SMILES string of the molecule is CCNC(CC)C(C)c1ccccc1C(F)(F)F. The van der Waals surface area contributed by atoms with Crippen LogP contribution in [-0.2, 0) is 6.18 Å². The highest BCUT2D eigenvalue weighted by Crippen LogP contribution is 2.36. The number of rotatable bonds is 5. The number of halogens is 3. The van der Waals surface area contributed by atoms with E-state index in [9.17, 15) is 13.2 Å². The second-order valence-corrected chi connectivity index (χ2v) is 4.45. The van der Waals surface area contributed by atoms with E-state index in [0.29, 0.717) is 5.56 Å². The molecular formula is C14H20F3N. The van der Waals surface area contributed by atoms with Crippen molar-refractivity contribution in [3.8, 4) is 0 Å². The van der Waals surface area contributed by atoms with Crippen molar-refractivity contribution in [1.82, 2.24) is 5.32 Å². The average Bonchev–Trinajstić information content (AvgIpc) is 2.34. The van der Waals surface area contributed by atoms with Gasteiger partial charge in [0.2, 0.25) is 0 Å². The summed E-state index contributed by atoms with van der Waals surface area (Å²) in [5, 5.41) is 3.24. The second kappa shape index (κ2) is 6.23. The highest BCUT2D eigenvalue weighted by atomic mass is 19.4. The predicted octanol–water partition coefficient (Wildman–Crippen LogP) is 4.20. The first-order valence-corrected chi connectivity index (χ1v) is 6.31. The van der Waals surface area contributed by atoms with Gasteiger partial charge in [-0.15, -0.1) is 0 Å². The van der Waals surface area contributed by atoms with Crippen LogP contribution in [0.2, 0.25) is 0 Å². The minimum atomic E-state index is -4.28. The van der Waals surface area contributed by atoms with E-state index < -0.39 is 11.7 Å². The van der Waals surface area contributed by atoms with Crippen LogP contribution in [-0.4, -0.2) is 12.6 Å². The molecule has 18 heavy (non-hydrogen) atoms. The van der Waals surface area contributed by atoms with Gasteiger partial charge in [0.1, 0.15) is 0 Å². The summed E-state index contributed by atoms with van der Waals surface area (Å²) in [5.74, 6) is -0.159. The lowest BCUT2D eigenvalue weighted by Crippen LogP contribution is -2.33. The molecule has 1 N–H and O–H groups in total. The summed E-state index contributed by atoms with van der Waals surface area (Å²) in [6, 6.07) is 5.91. The Balaban J connectivity index is 3.08. The normalized spacial score (nSPS) is 15.4. The molecule has 0 aliphatic carbocycles. The second-order valence-electron chi connectivity index (χ2n) is 4.45. The van der Waals surface area contributed by atoms with Crippen molar-refractivity contribution in [2.75, 3.05) is 6.54 Å². The fourth-order valence-electron chi connectivity index (χ4n) is 2.31. The summed E-state index contributed by atoms with van der Waals surface area (Å²) in [5.41, 5.74) is -0.147. The van der Waals surface area contributed by atoms with Gasteiger partial charge in [0.25, 0.3) is 0 Å². The molecule has 0 aromatic heterocycles. The lowest BCUT2D eigenvalue weighted by molar-refractivity contribution is -0.138. The van der Waals surface area contributed by atoms with Crippen LogP contribution >= 0.6 is 0 Å². The quantitative estimate of drug-likeness (QED) is 0.835. The van der Waals surface area contributed by atoms with Crippen molar-refractivity contribution in [2.24, 2.45) is 0 Å². The van der Waals surface area contributed by atoms with E-state index in [0.717, 1.165) is 19.0 Å². The lowest BCUT2D eigenvalue weighted by atomic mass is 9.88. The monoisotopic (exact) mass is 259 g/mol. The molecule has 2 unspecified atom stereocenters. The number of hydrogen-bond donors (Lipinski definition) is 1. The molecule has 0 fully saturated rings. The topological polar surface area (TPSA) is 12.0 Å². The van der Waals surface area contributed by atoms with Crippen LogP contribution in [0.15, 0.2) is 24.3 Å². The Bertz CT molecular complexity index is 374. The fourth-order valence-corrected chi connectivity index (χ4v) is 2.31. The van der Waals surface area contributed by atoms with E-state index in [1.807, 2.05) is 20.8 Å². The largest absolute Gasteiger partial charge is 0.416 e. The molecule has 0 aliphatic rings. The van der Waals surface area contributed by atoms with Gasteiger partial charge in [-0.2, -0.15) is 13.2 Å². The molecule has 0 amide bonds. The number of hydrogen-bond acceptors (Lipinski definition) is 1. The van der Waals surface area contributed by atoms with Crippen molar-refractivity contribution in [3.05, 3.63) is 35.4 Å². The number of alkyl halides is 3. The first-order chi connectivity index (χ1) is 8.41. The first-order valence-electron chi connectivity index (χ1n) is 6.31. The minimum absolute atomic E-state index is 0.0681. The Morgan fingerprint density at radius 2 is 1.78 bits per heavy atom. The van der Waals surface area contributed by atoms with Crippen molar-refractivity contribution in [1.29, 1.82) is 0 Å². The van der Waals surface area contributed by atoms with Crippen LogP contribution in [0.4, 0.5) is 13.2 Å². The van der Waals surface area contributed by atoms with Crippen molar-refractivity contribution in [2.45, 2.75) is 45.3 Å². The third-order valence-electron chi connectivity index (χ3n) is 3.27. The van der Waals surface area contributed by atoms with Gasteiger partial charge in [-0.1, -0.05) is 39.0 Å². The van der Waals surface area contributed by atoms with E-state index >= 15 is 0 Å². The van der Waals surface area contributed by atoms with E-state index in [1.165, 1.54) is 6.07 Å². The molecular weight excluding hydrogens is 239 g/mol. The van der Waals surface area contributed by atoms with Crippen LogP contribution in [0.5, 0.6) is 0 Å². The fraction of sp³-hybridized carbons (Fsp3) is 0.571. The highest BCUT2D eigenvalue weighted by Gasteiger charge is 2.35. The van der Waals surface area contributed by atoms with Gasteiger partial charge in [-0.25, -0.2) is 0 Å². The standard InChI is InChI=1S/C14H20F3N/c1-4-13(18-5-2)10(3)11-8-6-7-9-12(11)14(15,16)17/h6-10,13,18H,4-5H2,1-3H3. The van der Waals surface area contributed by atoms with Crippen LogP contribution in [0.3, 0.4) is 0 Å². The Labute approximate surface area is 106 Å². The number of benzene rings is 1. The molecule has 4 heteroatoms. The van der Waals surface area contributed by atoms with Gasteiger partial charge >= 0.3 is 6.18 Å². The van der Waals surface area contributed by atoms with Gasteiger partial charge in [0.05, 0.1) is 5.56 Å². The summed E-state index contributed by atoms with van der Waals surface area (Å²) in [6.07, 6.45) is -3.48. The van der Waals surface area contributed by atoms with E-state index in [1.54, 1.807) is 12.1 Å². The summed E-state index contributed by atoms with van der Waals surface area (Å²) in [4.78, 5) is 0. The molecule has 1 nitrogen and oxygen atoms in total. The zero-order chi connectivity index (χ0) is 13.8. The van der Waals surface area contributed by atoms with E-state index in [4.69, 9.17) is 0 Å². The van der Waals surface area contributed by atoms with Gasteiger partial charge in [0, 0.05) is 6.04 Å². The van der Waals surface area contributed by atoms with Gasteiger partial charge in [-0.3, -0.25) is 0 Å². The Kier molecular flexibility index (Phi) is 5.20. The molecule has 1 aromatic rings. The van der Waals surface area contributed by atoms with Crippen LogP contribution in [0.25, 0.3) is 0 Å². The molecule has 0 aliphatic heterocycles. The van der Waals surface area contributed by atoms with Crippen LogP contribution < -0.4 is 5.32 Å². The highest BCUT2D eigenvalue weighted by molar-refractivity contribution is 5.33. The molecule has 2 atom stereocenters. The molecule has 0 saturated heterocycles. The number of likely N-dealkylation sites (N-methyl/N-ethyl adjacent to an activating group) is 1. The smallest absolute Gasteiger partial charge is 0.314 e. The molecule has 1 aromatic carbocycles. The molecule has 0 heterocycles. The third kappa shape index (κ3) is 3.48. The third-order valence-corrected chi connectivity index (χ3v) is 3.27. The zero-order valence-electron chi connectivity index (χ0n) is 11.0. The Morgan fingerprint density at radius 3 is 2.28 bits per heavy atom. The van der Waals surface area contributed by atoms with E-state index in [-0.39, 0.29) is 12.0 Å². The molecule has 0 radical (unpaired) electrons.